The summed E-state index contributed by atoms with van der Waals surface area (Å²) in [5, 5.41) is 3.64. The Labute approximate surface area is 114 Å². The van der Waals surface area contributed by atoms with Crippen LogP contribution in [0.4, 0.5) is 0 Å². The molecule has 0 aromatic rings. The third kappa shape index (κ3) is 5.71. The summed E-state index contributed by atoms with van der Waals surface area (Å²) in [4.78, 5) is 0. The van der Waals surface area contributed by atoms with Gasteiger partial charge in [0.2, 0.25) is 0 Å². The Morgan fingerprint density at radius 2 is 1.83 bits per heavy atom. The van der Waals surface area contributed by atoms with Gasteiger partial charge in [-0.2, -0.15) is 0 Å². The fourth-order valence-corrected chi connectivity index (χ4v) is 2.71. The average molecular weight is 255 g/mol. The van der Waals surface area contributed by atoms with Crippen LogP contribution >= 0.6 is 0 Å². The molecule has 1 aliphatic rings. The van der Waals surface area contributed by atoms with Gasteiger partial charge in [0.05, 0.1) is 5.60 Å². The minimum Gasteiger partial charge on any atom is -0.373 e. The van der Waals surface area contributed by atoms with Crippen LogP contribution in [0.2, 0.25) is 0 Å². The second-order valence-electron chi connectivity index (χ2n) is 7.20. The van der Waals surface area contributed by atoms with Gasteiger partial charge in [-0.1, -0.05) is 33.1 Å². The van der Waals surface area contributed by atoms with Crippen molar-refractivity contribution in [2.75, 3.05) is 13.2 Å². The Morgan fingerprint density at radius 3 is 2.33 bits per heavy atom. The van der Waals surface area contributed by atoms with E-state index in [0.717, 1.165) is 13.2 Å². The Bertz CT molecular complexity index is 226. The fourth-order valence-electron chi connectivity index (χ4n) is 2.71. The molecule has 0 spiro atoms. The van der Waals surface area contributed by atoms with Crippen molar-refractivity contribution in [1.29, 1.82) is 0 Å². The quantitative estimate of drug-likeness (QED) is 0.738. The van der Waals surface area contributed by atoms with Crippen LogP contribution in [0, 0.1) is 5.92 Å². The van der Waals surface area contributed by atoms with Crippen molar-refractivity contribution in [1.82, 2.24) is 5.32 Å². The van der Waals surface area contributed by atoms with E-state index in [-0.39, 0.29) is 11.1 Å². The van der Waals surface area contributed by atoms with E-state index in [0.29, 0.717) is 5.92 Å². The fraction of sp³-hybridized carbons (Fsp3) is 1.00. The molecule has 0 bridgehead atoms. The molecule has 18 heavy (non-hydrogen) atoms. The Hall–Kier alpha value is -0.0800. The lowest BCUT2D eigenvalue weighted by atomic mass is 9.99. The number of hydrogen-bond acceptors (Lipinski definition) is 2. The SMILES string of the molecule is CCCC(C)COC1(CNC(C)(C)C)CCCC1. The van der Waals surface area contributed by atoms with Crippen LogP contribution in [0.3, 0.4) is 0 Å². The standard InChI is InChI=1S/C16H33NO/c1-6-9-14(2)12-18-16(10-7-8-11-16)13-17-15(3,4)5/h14,17H,6-13H2,1-5H3. The van der Waals surface area contributed by atoms with Crippen LogP contribution in [0.15, 0.2) is 0 Å². The van der Waals surface area contributed by atoms with Gasteiger partial charge in [0.1, 0.15) is 0 Å². The summed E-state index contributed by atoms with van der Waals surface area (Å²) in [6, 6.07) is 0. The van der Waals surface area contributed by atoms with Crippen molar-refractivity contribution in [2.24, 2.45) is 5.92 Å². The van der Waals surface area contributed by atoms with Crippen LogP contribution in [-0.2, 0) is 4.74 Å². The zero-order valence-electron chi connectivity index (χ0n) is 13.1. The number of ether oxygens (including phenoxy) is 1. The highest BCUT2D eigenvalue weighted by atomic mass is 16.5. The zero-order valence-corrected chi connectivity index (χ0v) is 13.1. The molecule has 1 atom stereocenters. The highest BCUT2D eigenvalue weighted by Gasteiger charge is 2.35. The molecule has 1 saturated carbocycles. The molecule has 0 aromatic carbocycles. The van der Waals surface area contributed by atoms with E-state index in [2.05, 4.69) is 39.9 Å². The minimum absolute atomic E-state index is 0.120. The van der Waals surface area contributed by atoms with Gasteiger partial charge in [-0.25, -0.2) is 0 Å². The van der Waals surface area contributed by atoms with Crippen molar-refractivity contribution >= 4 is 0 Å². The van der Waals surface area contributed by atoms with Crippen LogP contribution in [-0.4, -0.2) is 24.3 Å². The Kier molecular flexibility index (Phi) is 6.13. The molecule has 1 unspecified atom stereocenters. The van der Waals surface area contributed by atoms with Crippen molar-refractivity contribution in [3.05, 3.63) is 0 Å². The van der Waals surface area contributed by atoms with Crippen molar-refractivity contribution < 1.29 is 4.74 Å². The van der Waals surface area contributed by atoms with Crippen LogP contribution in [0.25, 0.3) is 0 Å². The maximum absolute atomic E-state index is 6.34. The van der Waals surface area contributed by atoms with E-state index in [4.69, 9.17) is 4.74 Å². The van der Waals surface area contributed by atoms with E-state index in [1.807, 2.05) is 0 Å². The summed E-state index contributed by atoms with van der Waals surface area (Å²) in [5.74, 6) is 0.696. The summed E-state index contributed by atoms with van der Waals surface area (Å²) in [7, 11) is 0. The Morgan fingerprint density at radius 1 is 1.22 bits per heavy atom. The summed E-state index contributed by atoms with van der Waals surface area (Å²) >= 11 is 0. The molecule has 1 rings (SSSR count). The molecule has 108 valence electrons. The first-order chi connectivity index (χ1) is 8.37. The molecular weight excluding hydrogens is 222 g/mol. The molecule has 0 heterocycles. The van der Waals surface area contributed by atoms with Crippen LogP contribution in [0.1, 0.15) is 73.1 Å². The van der Waals surface area contributed by atoms with Gasteiger partial charge in [0.25, 0.3) is 0 Å². The molecular formula is C16H33NO. The molecule has 0 aliphatic heterocycles. The summed E-state index contributed by atoms with van der Waals surface area (Å²) in [6.45, 7) is 13.2. The van der Waals surface area contributed by atoms with E-state index >= 15 is 0 Å². The van der Waals surface area contributed by atoms with E-state index in [9.17, 15) is 0 Å². The average Bonchev–Trinajstić information content (AvgIpc) is 2.73. The van der Waals surface area contributed by atoms with E-state index in [1.54, 1.807) is 0 Å². The Balaban J connectivity index is 2.42. The highest BCUT2D eigenvalue weighted by molar-refractivity contribution is 4.90. The van der Waals surface area contributed by atoms with Crippen molar-refractivity contribution in [3.8, 4) is 0 Å². The first-order valence-corrected chi connectivity index (χ1v) is 7.76. The molecule has 1 fully saturated rings. The van der Waals surface area contributed by atoms with Gasteiger partial charge < -0.3 is 10.1 Å². The second-order valence-corrected chi connectivity index (χ2v) is 7.20. The number of rotatable bonds is 7. The van der Waals surface area contributed by atoms with Crippen molar-refractivity contribution in [3.63, 3.8) is 0 Å². The molecule has 1 N–H and O–H groups in total. The van der Waals surface area contributed by atoms with Crippen LogP contribution < -0.4 is 5.32 Å². The molecule has 0 amide bonds. The third-order valence-corrected chi connectivity index (χ3v) is 3.91. The molecule has 2 nitrogen and oxygen atoms in total. The van der Waals surface area contributed by atoms with E-state index < -0.39 is 0 Å². The summed E-state index contributed by atoms with van der Waals surface area (Å²) in [5.41, 5.74) is 0.309. The van der Waals surface area contributed by atoms with Gasteiger partial charge in [-0.3, -0.25) is 0 Å². The lowest BCUT2D eigenvalue weighted by Gasteiger charge is -2.34. The third-order valence-electron chi connectivity index (χ3n) is 3.91. The smallest absolute Gasteiger partial charge is 0.0806 e. The predicted molar refractivity (Wildman–Crippen MR) is 79.0 cm³/mol. The first-order valence-electron chi connectivity index (χ1n) is 7.76. The maximum Gasteiger partial charge on any atom is 0.0806 e. The predicted octanol–water partition coefficient (Wildman–Crippen LogP) is 4.14. The summed E-state index contributed by atoms with van der Waals surface area (Å²) < 4.78 is 6.34. The molecule has 0 aromatic heterocycles. The molecule has 0 saturated heterocycles. The van der Waals surface area contributed by atoms with E-state index in [1.165, 1.54) is 38.5 Å². The molecule has 0 radical (unpaired) electrons. The maximum atomic E-state index is 6.34. The van der Waals surface area contributed by atoms with Gasteiger partial charge >= 0.3 is 0 Å². The minimum atomic E-state index is 0.120. The number of hydrogen-bond donors (Lipinski definition) is 1. The number of nitrogens with one attached hydrogen (secondary N) is 1. The highest BCUT2D eigenvalue weighted by Crippen LogP contribution is 2.33. The van der Waals surface area contributed by atoms with Gasteiger partial charge in [-0.05, 0) is 46.0 Å². The van der Waals surface area contributed by atoms with Crippen LogP contribution in [0.5, 0.6) is 0 Å². The lowest BCUT2D eigenvalue weighted by molar-refractivity contribution is -0.0567. The normalized spacial score (nSPS) is 21.2. The lowest BCUT2D eigenvalue weighted by Crippen LogP contribution is -2.48. The second kappa shape index (κ2) is 6.91. The molecule has 2 heteroatoms. The van der Waals surface area contributed by atoms with Gasteiger partial charge in [-0.15, -0.1) is 0 Å². The largest absolute Gasteiger partial charge is 0.373 e. The topological polar surface area (TPSA) is 21.3 Å². The first kappa shape index (κ1) is 16.0. The zero-order chi connectivity index (χ0) is 13.6. The summed E-state index contributed by atoms with van der Waals surface area (Å²) in [6.07, 6.45) is 7.66. The monoisotopic (exact) mass is 255 g/mol. The molecule has 1 aliphatic carbocycles. The van der Waals surface area contributed by atoms with Gasteiger partial charge in [0, 0.05) is 18.7 Å². The van der Waals surface area contributed by atoms with Gasteiger partial charge in [0.15, 0.2) is 0 Å². The van der Waals surface area contributed by atoms with Crippen molar-refractivity contribution in [2.45, 2.75) is 84.3 Å².